The Bertz CT molecular complexity index is 1400. The number of amides is 1. The first-order valence-corrected chi connectivity index (χ1v) is 12.5. The molecule has 1 N–H and O–H groups in total. The van der Waals surface area contributed by atoms with Crippen LogP contribution < -0.4 is 9.64 Å². The second-order valence-electron chi connectivity index (χ2n) is 8.20. The molecule has 1 atom stereocenters. The summed E-state index contributed by atoms with van der Waals surface area (Å²) in [4.78, 5) is 44.5. The van der Waals surface area contributed by atoms with E-state index in [1.54, 1.807) is 44.2 Å². The number of nitrogens with zero attached hydrogens (tertiary/aromatic N) is 2. The summed E-state index contributed by atoms with van der Waals surface area (Å²) in [5.74, 6) is -3.31. The van der Waals surface area contributed by atoms with E-state index in [-0.39, 0.29) is 33.3 Å². The van der Waals surface area contributed by atoms with E-state index < -0.39 is 35.3 Å². The molecule has 0 saturated carbocycles. The predicted molar refractivity (Wildman–Crippen MR) is 136 cm³/mol. The maximum absolute atomic E-state index is 15.1. The van der Waals surface area contributed by atoms with E-state index in [9.17, 15) is 19.5 Å². The normalized spacial score (nSPS) is 16.8. The zero-order valence-corrected chi connectivity index (χ0v) is 21.3. The van der Waals surface area contributed by atoms with Crippen LogP contribution in [0.3, 0.4) is 0 Å². The Labute approximate surface area is 217 Å². The summed E-state index contributed by atoms with van der Waals surface area (Å²) in [5.41, 5.74) is 0.226. The largest absolute Gasteiger partial charge is 0.507 e. The molecule has 1 aromatic heterocycles. The Kier molecular flexibility index (Phi) is 7.68. The van der Waals surface area contributed by atoms with Crippen LogP contribution in [-0.2, 0) is 14.3 Å². The first kappa shape index (κ1) is 26.0. The van der Waals surface area contributed by atoms with Crippen molar-refractivity contribution in [3.05, 3.63) is 81.6 Å². The average Bonchev–Trinajstić information content (AvgIpc) is 3.39. The van der Waals surface area contributed by atoms with Gasteiger partial charge >= 0.3 is 11.9 Å². The molecule has 3 aromatic rings. The summed E-state index contributed by atoms with van der Waals surface area (Å²) in [5, 5.41) is 11.3. The molecular weight excluding hydrogens is 499 g/mol. The van der Waals surface area contributed by atoms with E-state index in [0.717, 1.165) is 22.7 Å². The lowest BCUT2D eigenvalue weighted by atomic mass is 9.95. The molecule has 192 valence electrons. The van der Waals surface area contributed by atoms with Crippen molar-refractivity contribution in [2.75, 3.05) is 18.1 Å². The third-order valence-electron chi connectivity index (χ3n) is 5.68. The lowest BCUT2D eigenvalue weighted by Crippen LogP contribution is -2.29. The topological polar surface area (TPSA) is 106 Å². The van der Waals surface area contributed by atoms with Gasteiger partial charge in [0.2, 0.25) is 0 Å². The fourth-order valence-electron chi connectivity index (χ4n) is 4.00. The van der Waals surface area contributed by atoms with Crippen LogP contribution in [0.15, 0.2) is 54.1 Å². The van der Waals surface area contributed by atoms with Gasteiger partial charge in [0.1, 0.15) is 28.2 Å². The number of carbonyl (C=O) groups is 3. The molecule has 2 aromatic carbocycles. The fraction of sp³-hybridized carbons (Fsp3) is 0.259. The fourth-order valence-corrected chi connectivity index (χ4v) is 4.99. The van der Waals surface area contributed by atoms with Crippen LogP contribution >= 0.6 is 11.3 Å². The van der Waals surface area contributed by atoms with Gasteiger partial charge in [0.25, 0.3) is 5.78 Å². The second kappa shape index (κ2) is 10.9. The molecule has 1 aliphatic rings. The molecule has 0 radical (unpaired) electrons. The molecule has 10 heteroatoms. The molecule has 8 nitrogen and oxygen atoms in total. The van der Waals surface area contributed by atoms with Crippen LogP contribution in [0.2, 0.25) is 0 Å². The van der Waals surface area contributed by atoms with Gasteiger partial charge in [0.15, 0.2) is 5.13 Å². The molecule has 1 unspecified atom stereocenters. The highest BCUT2D eigenvalue weighted by Crippen LogP contribution is 2.44. The molecule has 0 aliphatic carbocycles. The van der Waals surface area contributed by atoms with Crippen LogP contribution in [0.5, 0.6) is 5.75 Å². The summed E-state index contributed by atoms with van der Waals surface area (Å²) in [6.07, 6.45) is 0.773. The van der Waals surface area contributed by atoms with Gasteiger partial charge in [0.05, 0.1) is 24.5 Å². The lowest BCUT2D eigenvalue weighted by Gasteiger charge is -2.23. The number of hydrogen-bond acceptors (Lipinski definition) is 8. The van der Waals surface area contributed by atoms with Gasteiger partial charge < -0.3 is 14.6 Å². The molecule has 1 aliphatic heterocycles. The Morgan fingerprint density at radius 3 is 2.62 bits per heavy atom. The molecule has 0 bridgehead atoms. The van der Waals surface area contributed by atoms with Crippen molar-refractivity contribution in [3.63, 3.8) is 0 Å². The number of halogens is 1. The summed E-state index contributed by atoms with van der Waals surface area (Å²) in [6.45, 7) is 5.78. The van der Waals surface area contributed by atoms with E-state index in [1.807, 2.05) is 6.92 Å². The van der Waals surface area contributed by atoms with Crippen molar-refractivity contribution in [3.8, 4) is 5.75 Å². The van der Waals surface area contributed by atoms with Crippen molar-refractivity contribution in [2.24, 2.45) is 0 Å². The quantitative estimate of drug-likeness (QED) is 0.187. The Morgan fingerprint density at radius 1 is 1.16 bits per heavy atom. The summed E-state index contributed by atoms with van der Waals surface area (Å²) in [6, 6.07) is 10.8. The number of aliphatic hydroxyl groups excluding tert-OH is 1. The summed E-state index contributed by atoms with van der Waals surface area (Å²) < 4.78 is 25.8. The summed E-state index contributed by atoms with van der Waals surface area (Å²) in [7, 11) is 0. The first-order valence-electron chi connectivity index (χ1n) is 11.7. The number of anilines is 1. The Morgan fingerprint density at radius 2 is 1.92 bits per heavy atom. The van der Waals surface area contributed by atoms with E-state index in [2.05, 4.69) is 4.98 Å². The Balaban J connectivity index is 1.89. The number of carbonyl (C=O) groups excluding carboxylic acids is 3. The van der Waals surface area contributed by atoms with E-state index in [4.69, 9.17) is 9.47 Å². The van der Waals surface area contributed by atoms with Gasteiger partial charge in [-0.15, -0.1) is 0 Å². The van der Waals surface area contributed by atoms with Crippen LogP contribution in [0.25, 0.3) is 5.76 Å². The van der Waals surface area contributed by atoms with Crippen molar-refractivity contribution in [2.45, 2.75) is 33.2 Å². The van der Waals surface area contributed by atoms with Gasteiger partial charge in [0, 0.05) is 11.1 Å². The first-order chi connectivity index (χ1) is 17.8. The van der Waals surface area contributed by atoms with Crippen LogP contribution in [-0.4, -0.2) is 41.0 Å². The number of aryl methyl sites for hydroxylation is 1. The number of ketones is 1. The monoisotopic (exact) mass is 524 g/mol. The van der Waals surface area contributed by atoms with E-state index >= 15 is 4.39 Å². The molecule has 2 heterocycles. The molecule has 0 spiro atoms. The standard InChI is InChI=1S/C27H25FN2O6S/c1-4-13-36-17-10-8-9-16(14-17)22(31)20-21(18-11-6-7-12-19(18)28)30(25(33)23(20)32)27-29-15(3)24(37-27)26(34)35-5-2/h6-12,14,21,31H,4-5,13H2,1-3H3. The Hall–Kier alpha value is -4.05. The highest BCUT2D eigenvalue weighted by atomic mass is 32.1. The number of Topliss-reactive ketones (excluding diaryl/α,β-unsaturated/α-hetero) is 1. The minimum absolute atomic E-state index is 0.00725. The van der Waals surface area contributed by atoms with Crippen LogP contribution in [0, 0.1) is 12.7 Å². The average molecular weight is 525 g/mol. The van der Waals surface area contributed by atoms with Gasteiger partial charge in [-0.1, -0.05) is 48.6 Å². The maximum Gasteiger partial charge on any atom is 0.350 e. The number of thiazole rings is 1. The number of aliphatic hydroxyl groups is 1. The highest BCUT2D eigenvalue weighted by Gasteiger charge is 2.49. The zero-order valence-electron chi connectivity index (χ0n) is 20.5. The van der Waals surface area contributed by atoms with Crippen molar-refractivity contribution >= 4 is 39.9 Å². The van der Waals surface area contributed by atoms with Crippen LogP contribution in [0.4, 0.5) is 9.52 Å². The number of ether oxygens (including phenoxy) is 2. The minimum atomic E-state index is -1.32. The second-order valence-corrected chi connectivity index (χ2v) is 9.18. The van der Waals surface area contributed by atoms with Gasteiger partial charge in [-0.2, -0.15) is 0 Å². The zero-order chi connectivity index (χ0) is 26.7. The van der Waals surface area contributed by atoms with E-state index in [1.165, 1.54) is 18.2 Å². The third-order valence-corrected chi connectivity index (χ3v) is 6.81. The molecule has 4 rings (SSSR count). The van der Waals surface area contributed by atoms with Gasteiger partial charge in [-0.3, -0.25) is 14.5 Å². The van der Waals surface area contributed by atoms with Gasteiger partial charge in [-0.05, 0) is 38.5 Å². The number of rotatable bonds is 8. The molecule has 1 saturated heterocycles. The highest BCUT2D eigenvalue weighted by molar-refractivity contribution is 7.17. The molecule has 1 amide bonds. The molecule has 37 heavy (non-hydrogen) atoms. The number of benzene rings is 2. The SMILES string of the molecule is CCCOc1cccc(C(O)=C2C(=O)C(=O)N(c3nc(C)c(C(=O)OCC)s3)C2c2ccccc2F)c1. The smallest absolute Gasteiger partial charge is 0.350 e. The van der Waals surface area contributed by atoms with Crippen LogP contribution in [0.1, 0.15) is 52.8 Å². The van der Waals surface area contributed by atoms with Crippen molar-refractivity contribution < 1.29 is 33.4 Å². The molecular formula is C27H25FN2O6S. The lowest BCUT2D eigenvalue weighted by molar-refractivity contribution is -0.132. The predicted octanol–water partition coefficient (Wildman–Crippen LogP) is 5.18. The third kappa shape index (κ3) is 4.97. The minimum Gasteiger partial charge on any atom is -0.507 e. The van der Waals surface area contributed by atoms with Crippen molar-refractivity contribution in [1.29, 1.82) is 0 Å². The number of esters is 1. The summed E-state index contributed by atoms with van der Waals surface area (Å²) >= 11 is 0.857. The maximum atomic E-state index is 15.1. The number of aromatic nitrogens is 1. The molecule has 1 fully saturated rings. The van der Waals surface area contributed by atoms with Crippen molar-refractivity contribution in [1.82, 2.24) is 4.98 Å². The number of hydrogen-bond donors (Lipinski definition) is 1. The van der Waals surface area contributed by atoms with E-state index in [0.29, 0.717) is 18.1 Å². The van der Waals surface area contributed by atoms with Gasteiger partial charge in [-0.25, -0.2) is 14.2 Å².